The molecule has 24 heavy (non-hydrogen) atoms. The van der Waals surface area contributed by atoms with Crippen LogP contribution in [0.25, 0.3) is 5.65 Å². The number of fused-ring (bicyclic) bond motifs is 1. The SMILES string of the molecule is CCOC(=O)c1cnn2c(C(=O)N3CCNC(C)(C)C3)ccnc12. The van der Waals surface area contributed by atoms with Crippen LogP contribution in [0.3, 0.4) is 0 Å². The van der Waals surface area contributed by atoms with E-state index in [1.54, 1.807) is 17.9 Å². The van der Waals surface area contributed by atoms with Crippen LogP contribution in [0.4, 0.5) is 0 Å². The Morgan fingerprint density at radius 3 is 2.92 bits per heavy atom. The molecule has 8 heteroatoms. The Kier molecular flexibility index (Phi) is 4.23. The smallest absolute Gasteiger partial charge is 0.343 e. The standard InChI is InChI=1S/C16H21N5O3/c1-4-24-15(23)11-9-19-21-12(5-6-17-13(11)21)14(22)20-8-7-18-16(2,3)10-20/h5-6,9,18H,4,7-8,10H2,1-3H3. The minimum atomic E-state index is -0.493. The fraction of sp³-hybridized carbons (Fsp3) is 0.500. The monoisotopic (exact) mass is 331 g/mol. The van der Waals surface area contributed by atoms with Gasteiger partial charge in [-0.2, -0.15) is 5.10 Å². The Bertz CT molecular complexity index is 783. The molecule has 1 saturated heterocycles. The molecular formula is C16H21N5O3. The van der Waals surface area contributed by atoms with Crippen LogP contribution in [0.15, 0.2) is 18.5 Å². The Labute approximate surface area is 139 Å². The van der Waals surface area contributed by atoms with E-state index >= 15 is 0 Å². The van der Waals surface area contributed by atoms with E-state index in [0.29, 0.717) is 24.4 Å². The first-order chi connectivity index (χ1) is 11.4. The number of amides is 1. The van der Waals surface area contributed by atoms with E-state index in [9.17, 15) is 9.59 Å². The van der Waals surface area contributed by atoms with Gasteiger partial charge in [0, 0.05) is 31.4 Å². The van der Waals surface area contributed by atoms with Crippen molar-refractivity contribution in [3.05, 3.63) is 29.7 Å². The number of nitrogens with zero attached hydrogens (tertiary/aromatic N) is 4. The average molecular weight is 331 g/mol. The van der Waals surface area contributed by atoms with Gasteiger partial charge in [-0.1, -0.05) is 0 Å². The number of piperazine rings is 1. The van der Waals surface area contributed by atoms with Gasteiger partial charge in [-0.05, 0) is 26.8 Å². The van der Waals surface area contributed by atoms with Crippen LogP contribution >= 0.6 is 0 Å². The van der Waals surface area contributed by atoms with E-state index < -0.39 is 5.97 Å². The molecule has 0 saturated carbocycles. The molecule has 2 aromatic rings. The van der Waals surface area contributed by atoms with Crippen molar-refractivity contribution in [2.45, 2.75) is 26.3 Å². The molecule has 8 nitrogen and oxygen atoms in total. The summed E-state index contributed by atoms with van der Waals surface area (Å²) >= 11 is 0. The second-order valence-electron chi connectivity index (χ2n) is 6.38. The van der Waals surface area contributed by atoms with E-state index in [4.69, 9.17) is 4.74 Å². The van der Waals surface area contributed by atoms with Gasteiger partial charge in [-0.25, -0.2) is 14.3 Å². The first kappa shape index (κ1) is 16.4. The summed E-state index contributed by atoms with van der Waals surface area (Å²) in [6.07, 6.45) is 2.90. The molecule has 0 radical (unpaired) electrons. The van der Waals surface area contributed by atoms with Crippen LogP contribution in [0, 0.1) is 0 Å². The molecule has 3 heterocycles. The van der Waals surface area contributed by atoms with Crippen molar-refractivity contribution < 1.29 is 14.3 Å². The van der Waals surface area contributed by atoms with E-state index in [0.717, 1.165) is 6.54 Å². The Morgan fingerprint density at radius 1 is 1.42 bits per heavy atom. The highest BCUT2D eigenvalue weighted by Crippen LogP contribution is 2.16. The third kappa shape index (κ3) is 2.96. The second-order valence-corrected chi connectivity index (χ2v) is 6.38. The molecule has 0 bridgehead atoms. The highest BCUT2D eigenvalue weighted by molar-refractivity contribution is 5.98. The van der Waals surface area contributed by atoms with Gasteiger partial charge in [0.05, 0.1) is 12.8 Å². The number of carbonyl (C=O) groups excluding carboxylic acids is 2. The number of carbonyl (C=O) groups is 2. The second kappa shape index (κ2) is 6.20. The average Bonchev–Trinajstić information content (AvgIpc) is 2.97. The van der Waals surface area contributed by atoms with E-state index in [-0.39, 0.29) is 23.6 Å². The lowest BCUT2D eigenvalue weighted by atomic mass is 10.0. The van der Waals surface area contributed by atoms with Gasteiger partial charge in [0.25, 0.3) is 5.91 Å². The zero-order valence-corrected chi connectivity index (χ0v) is 14.1. The minimum Gasteiger partial charge on any atom is -0.462 e. The molecule has 2 aromatic heterocycles. The molecule has 1 N–H and O–H groups in total. The van der Waals surface area contributed by atoms with E-state index in [2.05, 4.69) is 29.2 Å². The van der Waals surface area contributed by atoms with Gasteiger partial charge in [0.1, 0.15) is 11.3 Å². The molecule has 0 unspecified atom stereocenters. The van der Waals surface area contributed by atoms with Crippen molar-refractivity contribution >= 4 is 17.5 Å². The number of rotatable bonds is 3. The van der Waals surface area contributed by atoms with Crippen LogP contribution in [-0.2, 0) is 4.74 Å². The summed E-state index contributed by atoms with van der Waals surface area (Å²) in [6.45, 7) is 8.07. The first-order valence-corrected chi connectivity index (χ1v) is 7.97. The number of hydrogen-bond acceptors (Lipinski definition) is 6. The lowest BCUT2D eigenvalue weighted by molar-refractivity contribution is 0.0527. The van der Waals surface area contributed by atoms with Crippen molar-refractivity contribution in [3.8, 4) is 0 Å². The predicted molar refractivity (Wildman–Crippen MR) is 86.9 cm³/mol. The van der Waals surface area contributed by atoms with E-state index in [1.165, 1.54) is 16.9 Å². The third-order valence-corrected chi connectivity index (χ3v) is 3.97. The zero-order chi connectivity index (χ0) is 17.3. The molecule has 1 aliphatic rings. The molecule has 0 aromatic carbocycles. The van der Waals surface area contributed by atoms with Gasteiger partial charge >= 0.3 is 5.97 Å². The molecule has 1 fully saturated rings. The third-order valence-electron chi connectivity index (χ3n) is 3.97. The number of esters is 1. The van der Waals surface area contributed by atoms with E-state index in [1.807, 2.05) is 0 Å². The van der Waals surface area contributed by atoms with Crippen LogP contribution < -0.4 is 5.32 Å². The maximum atomic E-state index is 12.9. The highest BCUT2D eigenvalue weighted by Gasteiger charge is 2.30. The predicted octanol–water partition coefficient (Wildman–Crippen LogP) is 0.730. The van der Waals surface area contributed by atoms with Crippen molar-refractivity contribution in [2.75, 3.05) is 26.2 Å². The van der Waals surface area contributed by atoms with Crippen LogP contribution in [0.5, 0.6) is 0 Å². The van der Waals surface area contributed by atoms with Gasteiger partial charge in [0.15, 0.2) is 5.65 Å². The summed E-state index contributed by atoms with van der Waals surface area (Å²) in [5.41, 5.74) is 0.828. The maximum absolute atomic E-state index is 12.9. The minimum absolute atomic E-state index is 0.129. The number of ether oxygens (including phenoxy) is 1. The quantitative estimate of drug-likeness (QED) is 0.834. The topological polar surface area (TPSA) is 88.8 Å². The van der Waals surface area contributed by atoms with Crippen molar-refractivity contribution in [1.82, 2.24) is 24.8 Å². The zero-order valence-electron chi connectivity index (χ0n) is 14.1. The maximum Gasteiger partial charge on any atom is 0.343 e. The van der Waals surface area contributed by atoms with Gasteiger partial charge in [0.2, 0.25) is 0 Å². The normalized spacial score (nSPS) is 17.0. The fourth-order valence-electron chi connectivity index (χ4n) is 2.88. The largest absolute Gasteiger partial charge is 0.462 e. The van der Waals surface area contributed by atoms with Crippen molar-refractivity contribution in [3.63, 3.8) is 0 Å². The molecule has 128 valence electrons. The summed E-state index contributed by atoms with van der Waals surface area (Å²) in [7, 11) is 0. The summed E-state index contributed by atoms with van der Waals surface area (Å²) in [5.74, 6) is -0.622. The Balaban J connectivity index is 1.95. The Morgan fingerprint density at radius 2 is 2.21 bits per heavy atom. The molecule has 0 atom stereocenters. The highest BCUT2D eigenvalue weighted by atomic mass is 16.5. The lowest BCUT2D eigenvalue weighted by Crippen LogP contribution is -2.58. The van der Waals surface area contributed by atoms with Crippen LogP contribution in [0.2, 0.25) is 0 Å². The number of hydrogen-bond donors (Lipinski definition) is 1. The van der Waals surface area contributed by atoms with Gasteiger partial charge in [-0.3, -0.25) is 4.79 Å². The van der Waals surface area contributed by atoms with Crippen LogP contribution in [-0.4, -0.2) is 63.2 Å². The van der Waals surface area contributed by atoms with Gasteiger partial charge in [-0.15, -0.1) is 0 Å². The molecule has 1 amide bonds. The summed E-state index contributed by atoms with van der Waals surface area (Å²) in [4.78, 5) is 30.8. The number of nitrogens with one attached hydrogen (secondary N) is 1. The van der Waals surface area contributed by atoms with Crippen LogP contribution in [0.1, 0.15) is 41.6 Å². The number of aromatic nitrogens is 3. The molecule has 0 spiro atoms. The molecular weight excluding hydrogens is 310 g/mol. The molecule has 0 aliphatic carbocycles. The van der Waals surface area contributed by atoms with Crippen molar-refractivity contribution in [2.24, 2.45) is 0 Å². The summed E-state index contributed by atoms with van der Waals surface area (Å²) in [6, 6.07) is 1.62. The molecule has 3 rings (SSSR count). The fourth-order valence-corrected chi connectivity index (χ4v) is 2.88. The van der Waals surface area contributed by atoms with Gasteiger partial charge < -0.3 is 15.0 Å². The lowest BCUT2D eigenvalue weighted by Gasteiger charge is -2.39. The molecule has 1 aliphatic heterocycles. The first-order valence-electron chi connectivity index (χ1n) is 7.97. The van der Waals surface area contributed by atoms with Crippen molar-refractivity contribution in [1.29, 1.82) is 0 Å². The summed E-state index contributed by atoms with van der Waals surface area (Å²) in [5, 5.41) is 7.54. The Hall–Kier alpha value is -2.48. The summed E-state index contributed by atoms with van der Waals surface area (Å²) < 4.78 is 6.41.